The predicted octanol–water partition coefficient (Wildman–Crippen LogP) is 2.79. The molecular weight excluding hydrogens is 221 g/mol. The molecule has 2 N–H and O–H groups in total. The molecule has 0 spiro atoms. The van der Waals surface area contributed by atoms with Crippen LogP contribution in [-0.2, 0) is 6.42 Å². The molecule has 0 aliphatic carbocycles. The quantitative estimate of drug-likeness (QED) is 0.655. The van der Waals surface area contributed by atoms with E-state index in [-0.39, 0.29) is 22.8 Å². The predicted molar refractivity (Wildman–Crippen MR) is 62.3 cm³/mol. The zero-order valence-corrected chi connectivity index (χ0v) is 9.37. The molecule has 0 saturated heterocycles. The first kappa shape index (κ1) is 11.4. The van der Waals surface area contributed by atoms with Crippen LogP contribution >= 0.6 is 0 Å². The van der Waals surface area contributed by atoms with Crippen molar-refractivity contribution < 1.29 is 13.6 Å². The van der Waals surface area contributed by atoms with E-state index < -0.39 is 5.82 Å². The summed E-state index contributed by atoms with van der Waals surface area (Å²) >= 11 is 0. The van der Waals surface area contributed by atoms with E-state index in [1.165, 1.54) is 12.1 Å². The van der Waals surface area contributed by atoms with Gasteiger partial charge >= 0.3 is 0 Å². The van der Waals surface area contributed by atoms with Gasteiger partial charge < -0.3 is 10.2 Å². The van der Waals surface area contributed by atoms with Crippen molar-refractivity contribution in [2.45, 2.75) is 13.3 Å². The third kappa shape index (κ3) is 2.20. The SMILES string of the molecule is CCc1ccc(C(=O)c2ccc(F)cc2N)o1. The first-order valence-electron chi connectivity index (χ1n) is 5.30. The number of carbonyl (C=O) groups excluding carboxylic acids is 1. The lowest BCUT2D eigenvalue weighted by atomic mass is 10.1. The molecular formula is C13H12FNO2. The van der Waals surface area contributed by atoms with Crippen LogP contribution in [0.3, 0.4) is 0 Å². The fourth-order valence-corrected chi connectivity index (χ4v) is 1.56. The maximum Gasteiger partial charge on any atom is 0.230 e. The lowest BCUT2D eigenvalue weighted by Gasteiger charge is -2.02. The molecule has 88 valence electrons. The first-order valence-corrected chi connectivity index (χ1v) is 5.30. The van der Waals surface area contributed by atoms with Crippen molar-refractivity contribution in [2.24, 2.45) is 0 Å². The van der Waals surface area contributed by atoms with Crippen LogP contribution < -0.4 is 5.73 Å². The fourth-order valence-electron chi connectivity index (χ4n) is 1.56. The minimum atomic E-state index is -0.465. The Morgan fingerprint density at radius 3 is 2.71 bits per heavy atom. The molecule has 0 aliphatic heterocycles. The second-order valence-electron chi connectivity index (χ2n) is 3.68. The Kier molecular flexibility index (Phi) is 2.95. The number of carbonyl (C=O) groups is 1. The minimum absolute atomic E-state index is 0.115. The van der Waals surface area contributed by atoms with E-state index in [0.717, 1.165) is 11.8 Å². The van der Waals surface area contributed by atoms with Gasteiger partial charge in [0.25, 0.3) is 0 Å². The van der Waals surface area contributed by atoms with Gasteiger partial charge in [0.1, 0.15) is 11.6 Å². The van der Waals surface area contributed by atoms with E-state index >= 15 is 0 Å². The van der Waals surface area contributed by atoms with Crippen LogP contribution in [-0.4, -0.2) is 5.78 Å². The number of ketones is 1. The largest absolute Gasteiger partial charge is 0.458 e. The molecule has 0 aliphatic rings. The Hall–Kier alpha value is -2.10. The number of nitrogens with two attached hydrogens (primary N) is 1. The molecule has 0 amide bonds. The molecule has 0 atom stereocenters. The summed E-state index contributed by atoms with van der Waals surface area (Å²) in [5, 5.41) is 0. The summed E-state index contributed by atoms with van der Waals surface area (Å²) in [6.45, 7) is 1.93. The number of furan rings is 1. The molecule has 0 unspecified atom stereocenters. The van der Waals surface area contributed by atoms with Crippen LogP contribution in [0.1, 0.15) is 28.8 Å². The van der Waals surface area contributed by atoms with E-state index in [2.05, 4.69) is 0 Å². The first-order chi connectivity index (χ1) is 8.11. The van der Waals surface area contributed by atoms with Gasteiger partial charge in [-0.3, -0.25) is 4.79 Å². The number of anilines is 1. The summed E-state index contributed by atoms with van der Waals surface area (Å²) in [4.78, 5) is 12.0. The summed E-state index contributed by atoms with van der Waals surface area (Å²) in [6, 6.07) is 7.03. The van der Waals surface area contributed by atoms with Crippen LogP contribution in [0.15, 0.2) is 34.7 Å². The second-order valence-corrected chi connectivity index (χ2v) is 3.68. The van der Waals surface area contributed by atoms with Gasteiger partial charge in [-0.15, -0.1) is 0 Å². The maximum absolute atomic E-state index is 12.9. The van der Waals surface area contributed by atoms with Gasteiger partial charge in [0.15, 0.2) is 5.76 Å². The van der Waals surface area contributed by atoms with Gasteiger partial charge in [-0.25, -0.2) is 4.39 Å². The van der Waals surface area contributed by atoms with E-state index in [0.29, 0.717) is 6.42 Å². The Morgan fingerprint density at radius 1 is 1.35 bits per heavy atom. The average molecular weight is 233 g/mol. The molecule has 0 bridgehead atoms. The monoisotopic (exact) mass is 233 g/mol. The molecule has 2 rings (SSSR count). The Bertz CT molecular complexity index is 560. The number of nitrogen functional groups attached to an aromatic ring is 1. The smallest absolute Gasteiger partial charge is 0.230 e. The van der Waals surface area contributed by atoms with Crippen molar-refractivity contribution in [1.82, 2.24) is 0 Å². The van der Waals surface area contributed by atoms with E-state index in [4.69, 9.17) is 10.2 Å². The highest BCUT2D eigenvalue weighted by Gasteiger charge is 2.16. The highest BCUT2D eigenvalue weighted by Crippen LogP contribution is 2.19. The van der Waals surface area contributed by atoms with Crippen LogP contribution in [0.4, 0.5) is 10.1 Å². The summed E-state index contributed by atoms with van der Waals surface area (Å²) < 4.78 is 18.2. The molecule has 2 aromatic rings. The molecule has 4 heteroatoms. The van der Waals surface area contributed by atoms with Gasteiger partial charge in [0.05, 0.1) is 0 Å². The number of hydrogen-bond donors (Lipinski definition) is 1. The molecule has 1 aromatic heterocycles. The summed E-state index contributed by atoms with van der Waals surface area (Å²) in [7, 11) is 0. The van der Waals surface area contributed by atoms with Gasteiger partial charge in [0, 0.05) is 17.7 Å². The zero-order valence-electron chi connectivity index (χ0n) is 9.37. The minimum Gasteiger partial charge on any atom is -0.458 e. The summed E-state index contributed by atoms with van der Waals surface area (Å²) in [5.74, 6) is 0.157. The number of aryl methyl sites for hydroxylation is 1. The number of benzene rings is 1. The van der Waals surface area contributed by atoms with Gasteiger partial charge in [-0.05, 0) is 30.3 Å². The van der Waals surface area contributed by atoms with Crippen LogP contribution in [0.5, 0.6) is 0 Å². The Labute approximate surface area is 98.0 Å². The van der Waals surface area contributed by atoms with Crippen molar-refractivity contribution in [3.63, 3.8) is 0 Å². The molecule has 0 radical (unpaired) electrons. The number of rotatable bonds is 3. The normalized spacial score (nSPS) is 10.5. The number of hydrogen-bond acceptors (Lipinski definition) is 3. The van der Waals surface area contributed by atoms with Crippen molar-refractivity contribution >= 4 is 11.5 Å². The van der Waals surface area contributed by atoms with E-state index in [9.17, 15) is 9.18 Å². The maximum atomic E-state index is 12.9. The summed E-state index contributed by atoms with van der Waals surface area (Å²) in [5.41, 5.74) is 5.96. The highest BCUT2D eigenvalue weighted by atomic mass is 19.1. The van der Waals surface area contributed by atoms with Crippen molar-refractivity contribution in [1.29, 1.82) is 0 Å². The topological polar surface area (TPSA) is 56.2 Å². The van der Waals surface area contributed by atoms with Gasteiger partial charge in [-0.2, -0.15) is 0 Å². The average Bonchev–Trinajstić information content (AvgIpc) is 2.76. The molecule has 0 saturated carbocycles. The Balaban J connectivity index is 2.36. The van der Waals surface area contributed by atoms with Gasteiger partial charge in [0.2, 0.25) is 5.78 Å². The van der Waals surface area contributed by atoms with Crippen LogP contribution in [0, 0.1) is 5.82 Å². The number of halogens is 1. The fraction of sp³-hybridized carbons (Fsp3) is 0.154. The third-order valence-electron chi connectivity index (χ3n) is 2.49. The molecule has 17 heavy (non-hydrogen) atoms. The standard InChI is InChI=1S/C13H12FNO2/c1-2-9-4-6-12(17-9)13(16)10-5-3-8(14)7-11(10)15/h3-7H,2,15H2,1H3. The molecule has 0 fully saturated rings. The highest BCUT2D eigenvalue weighted by molar-refractivity contribution is 6.10. The molecule has 1 heterocycles. The zero-order chi connectivity index (χ0) is 12.4. The van der Waals surface area contributed by atoms with Crippen LogP contribution in [0.2, 0.25) is 0 Å². The van der Waals surface area contributed by atoms with Crippen molar-refractivity contribution in [2.75, 3.05) is 5.73 Å². The van der Waals surface area contributed by atoms with E-state index in [1.807, 2.05) is 6.92 Å². The van der Waals surface area contributed by atoms with Crippen LogP contribution in [0.25, 0.3) is 0 Å². The lowest BCUT2D eigenvalue weighted by Crippen LogP contribution is -2.04. The van der Waals surface area contributed by atoms with Crippen molar-refractivity contribution in [3.05, 3.63) is 53.2 Å². The Morgan fingerprint density at radius 2 is 2.12 bits per heavy atom. The third-order valence-corrected chi connectivity index (χ3v) is 2.49. The molecule has 1 aromatic carbocycles. The van der Waals surface area contributed by atoms with E-state index in [1.54, 1.807) is 12.1 Å². The van der Waals surface area contributed by atoms with Gasteiger partial charge in [-0.1, -0.05) is 6.92 Å². The van der Waals surface area contributed by atoms with Crippen molar-refractivity contribution in [3.8, 4) is 0 Å². The molecule has 3 nitrogen and oxygen atoms in total. The lowest BCUT2D eigenvalue weighted by molar-refractivity contribution is 0.101. The summed E-state index contributed by atoms with van der Waals surface area (Å²) in [6.07, 6.45) is 0.714. The second kappa shape index (κ2) is 4.41.